The fourth-order valence-corrected chi connectivity index (χ4v) is 8.26. The van der Waals surface area contributed by atoms with Crippen molar-refractivity contribution in [1.29, 1.82) is 0 Å². The van der Waals surface area contributed by atoms with Crippen LogP contribution in [0.3, 0.4) is 0 Å². The standard InChI is InChI=1S/C16H36P.C4H6N2/c1-5-9-13-17(14-10-6-2,15-11-7-3)16-12-8-4;1-4-2-5-3-6-4/h5-16H2,1-4H3;2-3H,1H3,(H,5,6)/q+1;. The van der Waals surface area contributed by atoms with Crippen molar-refractivity contribution in [3.05, 3.63) is 18.2 Å². The molecule has 2 nitrogen and oxygen atoms in total. The van der Waals surface area contributed by atoms with E-state index >= 15 is 0 Å². The van der Waals surface area contributed by atoms with Crippen LogP contribution in [0.15, 0.2) is 12.5 Å². The summed E-state index contributed by atoms with van der Waals surface area (Å²) in [6, 6.07) is 0. The van der Waals surface area contributed by atoms with E-state index in [2.05, 4.69) is 37.7 Å². The molecule has 1 aromatic rings. The van der Waals surface area contributed by atoms with Gasteiger partial charge in [-0.1, -0.05) is 53.4 Å². The maximum atomic E-state index is 3.77. The number of nitrogens with one attached hydrogen (secondary N) is 1. The van der Waals surface area contributed by atoms with E-state index in [1.807, 2.05) is 6.92 Å². The van der Waals surface area contributed by atoms with Crippen LogP contribution in [0.5, 0.6) is 0 Å². The lowest BCUT2D eigenvalue weighted by atomic mass is 10.4. The fraction of sp³-hybridized carbons (Fsp3) is 0.850. The quantitative estimate of drug-likeness (QED) is 0.410. The van der Waals surface area contributed by atoms with Crippen molar-refractivity contribution in [2.24, 2.45) is 0 Å². The molecule has 0 aliphatic rings. The second kappa shape index (κ2) is 15.2. The number of H-pyrrole nitrogens is 1. The van der Waals surface area contributed by atoms with Crippen LogP contribution in [0.1, 0.15) is 84.8 Å². The minimum atomic E-state index is -0.562. The molecule has 0 spiro atoms. The Kier molecular flexibility index (Phi) is 14.9. The van der Waals surface area contributed by atoms with E-state index in [9.17, 15) is 0 Å². The number of aromatic amines is 1. The van der Waals surface area contributed by atoms with E-state index < -0.39 is 7.26 Å². The Morgan fingerprint density at radius 3 is 1.35 bits per heavy atom. The molecule has 0 amide bonds. The van der Waals surface area contributed by atoms with Crippen molar-refractivity contribution in [1.82, 2.24) is 9.97 Å². The van der Waals surface area contributed by atoms with Gasteiger partial charge in [-0.05, 0) is 32.6 Å². The maximum absolute atomic E-state index is 3.77. The lowest BCUT2D eigenvalue weighted by Crippen LogP contribution is -2.12. The molecule has 0 aliphatic heterocycles. The lowest BCUT2D eigenvalue weighted by molar-refractivity contribution is 0.814. The molecule has 1 N–H and O–H groups in total. The van der Waals surface area contributed by atoms with Crippen LogP contribution >= 0.6 is 7.26 Å². The van der Waals surface area contributed by atoms with Crippen molar-refractivity contribution < 1.29 is 0 Å². The summed E-state index contributed by atoms with van der Waals surface area (Å²) in [7, 11) is -0.562. The second-order valence-electron chi connectivity index (χ2n) is 6.88. The van der Waals surface area contributed by atoms with Crippen molar-refractivity contribution in [3.63, 3.8) is 0 Å². The highest BCUT2D eigenvalue weighted by atomic mass is 31.2. The summed E-state index contributed by atoms with van der Waals surface area (Å²) in [5.74, 6) is 0. The van der Waals surface area contributed by atoms with Crippen LogP contribution in [-0.2, 0) is 0 Å². The third kappa shape index (κ3) is 11.8. The topological polar surface area (TPSA) is 28.7 Å². The van der Waals surface area contributed by atoms with Gasteiger partial charge in [-0.25, -0.2) is 4.98 Å². The second-order valence-corrected chi connectivity index (χ2v) is 11.4. The molecule has 0 aliphatic carbocycles. The predicted octanol–water partition coefficient (Wildman–Crippen LogP) is 6.92. The number of aryl methyl sites for hydroxylation is 1. The first-order valence-electron chi connectivity index (χ1n) is 9.94. The first-order valence-corrected chi connectivity index (χ1v) is 12.5. The number of rotatable bonds is 12. The Hall–Kier alpha value is -0.360. The highest BCUT2D eigenvalue weighted by Crippen LogP contribution is 2.61. The minimum absolute atomic E-state index is 0.562. The number of nitrogens with zero attached hydrogens (tertiary/aromatic N) is 1. The first kappa shape index (κ1) is 22.6. The van der Waals surface area contributed by atoms with Gasteiger partial charge in [-0.2, -0.15) is 0 Å². The lowest BCUT2D eigenvalue weighted by Gasteiger charge is -2.28. The van der Waals surface area contributed by atoms with Gasteiger partial charge in [0.2, 0.25) is 0 Å². The number of aromatic nitrogens is 2. The number of hydrogen-bond donors (Lipinski definition) is 1. The van der Waals surface area contributed by atoms with Crippen LogP contribution in [0.4, 0.5) is 0 Å². The fourth-order valence-electron chi connectivity index (χ4n) is 2.97. The monoisotopic (exact) mass is 341 g/mol. The van der Waals surface area contributed by atoms with Gasteiger partial charge in [0.25, 0.3) is 0 Å². The van der Waals surface area contributed by atoms with Gasteiger partial charge in [-0.3, -0.25) is 0 Å². The first-order chi connectivity index (χ1) is 11.1. The van der Waals surface area contributed by atoms with Crippen LogP contribution in [-0.4, -0.2) is 34.6 Å². The van der Waals surface area contributed by atoms with Gasteiger partial charge < -0.3 is 4.98 Å². The Labute approximate surface area is 146 Å². The molecule has 0 saturated heterocycles. The number of unbranched alkanes of at least 4 members (excludes halogenated alkanes) is 4. The summed E-state index contributed by atoms with van der Waals surface area (Å²) in [6.45, 7) is 11.4. The highest BCUT2D eigenvalue weighted by molar-refractivity contribution is 7.75. The maximum Gasteiger partial charge on any atom is 0.0921 e. The molecule has 136 valence electrons. The molecule has 0 saturated carbocycles. The van der Waals surface area contributed by atoms with Crippen LogP contribution < -0.4 is 0 Å². The average Bonchev–Trinajstić information content (AvgIpc) is 3.05. The van der Waals surface area contributed by atoms with Gasteiger partial charge in [0, 0.05) is 19.2 Å². The zero-order valence-electron chi connectivity index (χ0n) is 16.5. The van der Waals surface area contributed by atoms with Crippen molar-refractivity contribution >= 4 is 7.26 Å². The van der Waals surface area contributed by atoms with Gasteiger partial charge in [-0.15, -0.1) is 0 Å². The predicted molar refractivity (Wildman–Crippen MR) is 109 cm³/mol. The van der Waals surface area contributed by atoms with Gasteiger partial charge >= 0.3 is 0 Å². The molecule has 3 heteroatoms. The molecule has 0 radical (unpaired) electrons. The Bertz CT molecular complexity index is 298. The molecular weight excluding hydrogens is 299 g/mol. The molecule has 1 rings (SSSR count). The van der Waals surface area contributed by atoms with Crippen molar-refractivity contribution in [2.45, 2.75) is 86.0 Å². The summed E-state index contributed by atoms with van der Waals surface area (Å²) >= 11 is 0. The molecule has 1 aromatic heterocycles. The molecular formula is C20H42N2P+. The van der Waals surface area contributed by atoms with Crippen molar-refractivity contribution in [3.8, 4) is 0 Å². The molecule has 0 bridgehead atoms. The zero-order chi connectivity index (χ0) is 17.4. The number of hydrogen-bond acceptors (Lipinski definition) is 1. The summed E-state index contributed by atoms with van der Waals surface area (Å²) in [6.07, 6.45) is 21.4. The molecule has 0 aromatic carbocycles. The van der Waals surface area contributed by atoms with E-state index in [1.54, 1.807) is 37.2 Å². The summed E-state index contributed by atoms with van der Waals surface area (Å²) in [5.41, 5.74) is 1.11. The molecule has 23 heavy (non-hydrogen) atoms. The summed E-state index contributed by atoms with van der Waals surface area (Å²) in [4.78, 5) is 6.66. The molecule has 1 heterocycles. The smallest absolute Gasteiger partial charge is 0.0921 e. The number of imidazole rings is 1. The summed E-state index contributed by atoms with van der Waals surface area (Å²) in [5, 5.41) is 0. The highest BCUT2D eigenvalue weighted by Gasteiger charge is 2.34. The Morgan fingerprint density at radius 2 is 1.17 bits per heavy atom. The summed E-state index contributed by atoms with van der Waals surface area (Å²) < 4.78 is 0. The molecule has 0 unspecified atom stereocenters. The van der Waals surface area contributed by atoms with Crippen molar-refractivity contribution in [2.75, 3.05) is 24.6 Å². The third-order valence-corrected chi connectivity index (χ3v) is 9.64. The zero-order valence-corrected chi connectivity index (χ0v) is 17.4. The van der Waals surface area contributed by atoms with Gasteiger partial charge in [0.1, 0.15) is 0 Å². The third-order valence-electron chi connectivity index (χ3n) is 4.58. The average molecular weight is 342 g/mol. The molecule has 0 fully saturated rings. The Morgan fingerprint density at radius 1 is 0.783 bits per heavy atom. The van der Waals surface area contributed by atoms with Crippen LogP contribution in [0.2, 0.25) is 0 Å². The van der Waals surface area contributed by atoms with Crippen LogP contribution in [0.25, 0.3) is 0 Å². The minimum Gasteiger partial charge on any atom is -0.349 e. The van der Waals surface area contributed by atoms with Gasteiger partial charge in [0.15, 0.2) is 0 Å². The van der Waals surface area contributed by atoms with Crippen LogP contribution in [0, 0.1) is 6.92 Å². The largest absolute Gasteiger partial charge is 0.349 e. The normalized spacial score (nSPS) is 11.2. The molecule has 0 atom stereocenters. The van der Waals surface area contributed by atoms with E-state index in [0.29, 0.717) is 0 Å². The Balaban J connectivity index is 0.000000664. The van der Waals surface area contributed by atoms with E-state index in [4.69, 9.17) is 0 Å². The van der Waals surface area contributed by atoms with E-state index in [1.165, 1.54) is 51.4 Å². The van der Waals surface area contributed by atoms with E-state index in [-0.39, 0.29) is 0 Å². The SMILES string of the molecule is CCCC[P+](CCCC)(CCCC)CCCC.Cc1cnc[nH]1. The van der Waals surface area contributed by atoms with Gasteiger partial charge in [0.05, 0.1) is 31.0 Å². The van der Waals surface area contributed by atoms with E-state index in [0.717, 1.165) is 5.69 Å².